The van der Waals surface area contributed by atoms with Gasteiger partial charge >= 0.3 is 0 Å². The summed E-state index contributed by atoms with van der Waals surface area (Å²) in [5, 5.41) is 4.00. The van der Waals surface area contributed by atoms with Gasteiger partial charge in [0.25, 0.3) is 10.2 Å². The predicted molar refractivity (Wildman–Crippen MR) is 82.3 cm³/mol. The molecule has 1 aliphatic rings. The topological polar surface area (TPSA) is 66.7 Å². The fraction of sp³-hybridized carbons (Fsp3) is 0.400. The van der Waals surface area contributed by atoms with Crippen molar-refractivity contribution in [3.8, 4) is 0 Å². The highest BCUT2D eigenvalue weighted by molar-refractivity contribution is 7.86. The highest BCUT2D eigenvalue weighted by Gasteiger charge is 2.31. The van der Waals surface area contributed by atoms with Crippen molar-refractivity contribution in [3.63, 3.8) is 0 Å². The Labute approximate surface area is 130 Å². The van der Waals surface area contributed by atoms with Gasteiger partial charge in [-0.2, -0.15) is 17.0 Å². The Kier molecular flexibility index (Phi) is 4.28. The molecule has 0 unspecified atom stereocenters. The third-order valence-corrected chi connectivity index (χ3v) is 5.70. The molecule has 7 heteroatoms. The molecule has 0 spiro atoms. The summed E-state index contributed by atoms with van der Waals surface area (Å²) in [7, 11) is -1.76. The quantitative estimate of drug-likeness (QED) is 0.859. The summed E-state index contributed by atoms with van der Waals surface area (Å²) in [4.78, 5) is 0. The van der Waals surface area contributed by atoms with Gasteiger partial charge in [0, 0.05) is 32.6 Å². The lowest BCUT2D eigenvalue weighted by atomic mass is 10.1. The Bertz CT molecular complexity index is 728. The van der Waals surface area contributed by atoms with E-state index in [2.05, 4.69) is 5.16 Å². The normalized spacial score (nSPS) is 19.3. The monoisotopic (exact) mass is 321 g/mol. The molecule has 1 aromatic heterocycles. The first-order valence-corrected chi connectivity index (χ1v) is 8.65. The number of hydrogen-bond acceptors (Lipinski definition) is 4. The average molecular weight is 321 g/mol. The first kappa shape index (κ1) is 15.2. The minimum absolute atomic E-state index is 0.255. The van der Waals surface area contributed by atoms with E-state index in [9.17, 15) is 8.42 Å². The van der Waals surface area contributed by atoms with Crippen LogP contribution in [0.3, 0.4) is 0 Å². The zero-order valence-electron chi connectivity index (χ0n) is 12.5. The van der Waals surface area contributed by atoms with Crippen LogP contribution in [0.4, 0.5) is 0 Å². The van der Waals surface area contributed by atoms with Crippen LogP contribution in [0.1, 0.15) is 23.4 Å². The Morgan fingerprint density at radius 1 is 1.23 bits per heavy atom. The van der Waals surface area contributed by atoms with Crippen LogP contribution in [-0.2, 0) is 23.2 Å². The lowest BCUT2D eigenvalue weighted by Gasteiger charge is -2.31. The number of hydrogen-bond donors (Lipinski definition) is 0. The van der Waals surface area contributed by atoms with E-state index < -0.39 is 10.2 Å². The van der Waals surface area contributed by atoms with E-state index in [0.29, 0.717) is 25.2 Å². The third kappa shape index (κ3) is 3.21. The average Bonchev–Trinajstić information content (AvgIpc) is 2.93. The first-order valence-electron chi connectivity index (χ1n) is 7.25. The van der Waals surface area contributed by atoms with E-state index >= 15 is 0 Å². The minimum atomic E-state index is -3.37. The van der Waals surface area contributed by atoms with Gasteiger partial charge in [0.1, 0.15) is 5.76 Å². The number of nitrogens with zero attached hydrogens (tertiary/aromatic N) is 3. The number of benzene rings is 1. The van der Waals surface area contributed by atoms with Crippen molar-refractivity contribution in [2.45, 2.75) is 19.4 Å². The van der Waals surface area contributed by atoms with Gasteiger partial charge in [0.05, 0.1) is 12.2 Å². The van der Waals surface area contributed by atoms with Gasteiger partial charge in [-0.3, -0.25) is 0 Å². The molecule has 1 saturated heterocycles. The highest BCUT2D eigenvalue weighted by atomic mass is 32.2. The van der Waals surface area contributed by atoms with Crippen LogP contribution in [0.15, 0.2) is 40.9 Å². The van der Waals surface area contributed by atoms with Crippen molar-refractivity contribution in [2.75, 3.05) is 20.1 Å². The van der Waals surface area contributed by atoms with Gasteiger partial charge in [-0.25, -0.2) is 0 Å². The van der Waals surface area contributed by atoms with Crippen LogP contribution in [0, 0.1) is 0 Å². The van der Waals surface area contributed by atoms with Crippen molar-refractivity contribution in [1.29, 1.82) is 0 Å². The van der Waals surface area contributed by atoms with E-state index in [1.54, 1.807) is 7.05 Å². The Morgan fingerprint density at radius 3 is 2.77 bits per heavy atom. The SMILES string of the molecule is CN1CCCN(Cc2cc(Cc3ccccc3)on2)S1(=O)=O. The van der Waals surface area contributed by atoms with Gasteiger partial charge in [-0.1, -0.05) is 35.5 Å². The standard InChI is InChI=1S/C15H19N3O3S/c1-17-8-5-9-18(22(17,19)20)12-14-11-15(21-16-14)10-13-6-3-2-4-7-13/h2-4,6-7,11H,5,8-10,12H2,1H3. The molecule has 6 nitrogen and oxygen atoms in total. The van der Waals surface area contributed by atoms with Gasteiger partial charge in [0.15, 0.2) is 0 Å². The fourth-order valence-corrected chi connectivity index (χ4v) is 3.96. The molecule has 0 atom stereocenters. The van der Waals surface area contributed by atoms with Gasteiger partial charge < -0.3 is 4.52 Å². The third-order valence-electron chi connectivity index (χ3n) is 3.77. The Hall–Kier alpha value is -1.70. The van der Waals surface area contributed by atoms with Gasteiger partial charge in [-0.15, -0.1) is 0 Å². The van der Waals surface area contributed by atoms with Crippen LogP contribution in [-0.4, -0.2) is 42.3 Å². The van der Waals surface area contributed by atoms with E-state index in [0.717, 1.165) is 17.7 Å². The summed E-state index contributed by atoms with van der Waals surface area (Å²) < 4.78 is 32.6. The Balaban J connectivity index is 1.69. The molecule has 0 N–H and O–H groups in total. The molecule has 0 aliphatic carbocycles. The zero-order valence-corrected chi connectivity index (χ0v) is 13.3. The summed E-state index contributed by atoms with van der Waals surface area (Å²) >= 11 is 0. The molecule has 118 valence electrons. The van der Waals surface area contributed by atoms with Crippen LogP contribution >= 0.6 is 0 Å². The van der Waals surface area contributed by atoms with E-state index in [1.165, 1.54) is 8.61 Å². The molecule has 1 aliphatic heterocycles. The minimum Gasteiger partial charge on any atom is -0.361 e. The van der Waals surface area contributed by atoms with Crippen molar-refractivity contribution in [2.24, 2.45) is 0 Å². The van der Waals surface area contributed by atoms with Gasteiger partial charge in [0.2, 0.25) is 0 Å². The molecule has 0 radical (unpaired) electrons. The van der Waals surface area contributed by atoms with Crippen molar-refractivity contribution >= 4 is 10.2 Å². The summed E-state index contributed by atoms with van der Waals surface area (Å²) in [6.45, 7) is 1.34. The molecule has 2 aromatic rings. The van der Waals surface area contributed by atoms with Crippen molar-refractivity contribution in [3.05, 3.63) is 53.4 Å². The maximum Gasteiger partial charge on any atom is 0.282 e. The van der Waals surface area contributed by atoms with Crippen molar-refractivity contribution < 1.29 is 12.9 Å². The highest BCUT2D eigenvalue weighted by Crippen LogP contribution is 2.18. The van der Waals surface area contributed by atoms with Crippen LogP contribution < -0.4 is 0 Å². The predicted octanol–water partition coefficient (Wildman–Crippen LogP) is 1.65. The zero-order chi connectivity index (χ0) is 15.6. The fourth-order valence-electron chi connectivity index (χ4n) is 2.55. The molecule has 0 bridgehead atoms. The molecular formula is C15H19N3O3S. The van der Waals surface area contributed by atoms with Crippen LogP contribution in [0.5, 0.6) is 0 Å². The van der Waals surface area contributed by atoms with E-state index in [-0.39, 0.29) is 6.54 Å². The second-order valence-corrected chi connectivity index (χ2v) is 7.50. The van der Waals surface area contributed by atoms with E-state index in [1.807, 2.05) is 36.4 Å². The summed E-state index contributed by atoms with van der Waals surface area (Å²) in [6.07, 6.45) is 1.48. The number of aromatic nitrogens is 1. The summed E-state index contributed by atoms with van der Waals surface area (Å²) in [5.74, 6) is 0.740. The van der Waals surface area contributed by atoms with Crippen LogP contribution in [0.25, 0.3) is 0 Å². The molecule has 3 rings (SSSR count). The smallest absolute Gasteiger partial charge is 0.282 e. The number of rotatable bonds is 4. The summed E-state index contributed by atoms with van der Waals surface area (Å²) in [6, 6.07) is 11.8. The largest absolute Gasteiger partial charge is 0.361 e. The first-order chi connectivity index (χ1) is 10.6. The van der Waals surface area contributed by atoms with Gasteiger partial charge in [-0.05, 0) is 12.0 Å². The lowest BCUT2D eigenvalue weighted by Crippen LogP contribution is -2.47. The van der Waals surface area contributed by atoms with Crippen LogP contribution in [0.2, 0.25) is 0 Å². The molecule has 1 fully saturated rings. The molecule has 0 amide bonds. The Morgan fingerprint density at radius 2 is 2.00 bits per heavy atom. The van der Waals surface area contributed by atoms with E-state index in [4.69, 9.17) is 4.52 Å². The molecule has 1 aromatic carbocycles. The second kappa shape index (κ2) is 6.20. The lowest BCUT2D eigenvalue weighted by molar-refractivity contribution is 0.295. The molecule has 0 saturated carbocycles. The second-order valence-electron chi connectivity index (χ2n) is 5.46. The summed E-state index contributed by atoms with van der Waals surface area (Å²) in [5.41, 5.74) is 1.78. The maximum atomic E-state index is 12.2. The maximum absolute atomic E-state index is 12.2. The molecule has 2 heterocycles. The molecule has 22 heavy (non-hydrogen) atoms. The molecular weight excluding hydrogens is 302 g/mol. The van der Waals surface area contributed by atoms with Crippen molar-refractivity contribution in [1.82, 2.24) is 13.8 Å².